The molecule has 0 aromatic heterocycles. The average molecular weight is 350 g/mol. The molecule has 1 fully saturated rings. The maximum absolute atomic E-state index is 12.2. The SMILES string of the molecule is COc1ccc(N2CC(C(=O)NC(CC(=O)O)C(=O)O)CC2=O)cc1. The van der Waals surface area contributed by atoms with Gasteiger partial charge in [0.2, 0.25) is 11.8 Å². The minimum Gasteiger partial charge on any atom is -0.497 e. The van der Waals surface area contributed by atoms with Gasteiger partial charge in [-0.15, -0.1) is 0 Å². The van der Waals surface area contributed by atoms with Gasteiger partial charge in [0.25, 0.3) is 0 Å². The van der Waals surface area contributed by atoms with Crippen LogP contribution in [0.3, 0.4) is 0 Å². The van der Waals surface area contributed by atoms with E-state index < -0.39 is 36.2 Å². The van der Waals surface area contributed by atoms with Gasteiger partial charge in [0, 0.05) is 18.7 Å². The van der Waals surface area contributed by atoms with E-state index in [0.717, 1.165) is 0 Å². The molecule has 2 unspecified atom stereocenters. The predicted molar refractivity (Wildman–Crippen MR) is 85.3 cm³/mol. The summed E-state index contributed by atoms with van der Waals surface area (Å²) in [7, 11) is 1.52. The topological polar surface area (TPSA) is 133 Å². The molecule has 134 valence electrons. The van der Waals surface area contributed by atoms with Crippen molar-refractivity contribution in [1.29, 1.82) is 0 Å². The molecule has 1 aliphatic rings. The first-order valence-corrected chi connectivity index (χ1v) is 7.51. The Morgan fingerprint density at radius 3 is 2.44 bits per heavy atom. The summed E-state index contributed by atoms with van der Waals surface area (Å²) in [6.07, 6.45) is -0.804. The van der Waals surface area contributed by atoms with Gasteiger partial charge in [-0.25, -0.2) is 4.79 Å². The van der Waals surface area contributed by atoms with E-state index in [2.05, 4.69) is 5.32 Å². The molecule has 0 saturated carbocycles. The Bertz CT molecular complexity index is 686. The smallest absolute Gasteiger partial charge is 0.326 e. The zero-order chi connectivity index (χ0) is 18.6. The molecule has 0 radical (unpaired) electrons. The third-order valence-electron chi connectivity index (χ3n) is 3.87. The van der Waals surface area contributed by atoms with Crippen LogP contribution in [0, 0.1) is 5.92 Å². The number of methoxy groups -OCH3 is 1. The highest BCUT2D eigenvalue weighted by molar-refractivity contribution is 6.01. The lowest BCUT2D eigenvalue weighted by Crippen LogP contribution is -2.45. The van der Waals surface area contributed by atoms with Crippen molar-refractivity contribution in [1.82, 2.24) is 5.32 Å². The first kappa shape index (κ1) is 18.2. The molecule has 0 aliphatic carbocycles. The van der Waals surface area contributed by atoms with Crippen LogP contribution in [-0.2, 0) is 19.2 Å². The summed E-state index contributed by atoms with van der Waals surface area (Å²) in [5.74, 6) is -3.82. The fourth-order valence-electron chi connectivity index (χ4n) is 2.56. The lowest BCUT2D eigenvalue weighted by Gasteiger charge is -2.18. The number of benzene rings is 1. The Balaban J connectivity index is 2.03. The van der Waals surface area contributed by atoms with Gasteiger partial charge in [0.05, 0.1) is 19.4 Å². The van der Waals surface area contributed by atoms with Crippen LogP contribution in [0.4, 0.5) is 5.69 Å². The second kappa shape index (κ2) is 7.65. The number of rotatable bonds is 7. The number of aliphatic carboxylic acids is 2. The minimum atomic E-state index is -1.53. The van der Waals surface area contributed by atoms with Crippen LogP contribution in [0.15, 0.2) is 24.3 Å². The molecule has 25 heavy (non-hydrogen) atoms. The highest BCUT2D eigenvalue weighted by Crippen LogP contribution is 2.27. The van der Waals surface area contributed by atoms with E-state index >= 15 is 0 Å². The zero-order valence-electron chi connectivity index (χ0n) is 13.5. The van der Waals surface area contributed by atoms with Gasteiger partial charge in [-0.2, -0.15) is 0 Å². The summed E-state index contributed by atoms with van der Waals surface area (Å²) in [5, 5.41) is 19.9. The standard InChI is InChI=1S/C16H18N2O7/c1-25-11-4-2-10(3-5-11)18-8-9(6-13(18)19)15(22)17-12(16(23)24)7-14(20)21/h2-5,9,12H,6-8H2,1H3,(H,17,22)(H,20,21)(H,23,24). The molecule has 3 N–H and O–H groups in total. The monoisotopic (exact) mass is 350 g/mol. The van der Waals surface area contributed by atoms with Gasteiger partial charge in [0.1, 0.15) is 11.8 Å². The van der Waals surface area contributed by atoms with E-state index in [-0.39, 0.29) is 18.9 Å². The van der Waals surface area contributed by atoms with Crippen LogP contribution in [0.2, 0.25) is 0 Å². The molecular formula is C16H18N2O7. The summed E-state index contributed by atoms with van der Waals surface area (Å²) < 4.78 is 5.04. The largest absolute Gasteiger partial charge is 0.497 e. The van der Waals surface area contributed by atoms with Crippen molar-refractivity contribution in [2.24, 2.45) is 5.92 Å². The van der Waals surface area contributed by atoms with Crippen molar-refractivity contribution in [3.63, 3.8) is 0 Å². The molecule has 1 aromatic carbocycles. The van der Waals surface area contributed by atoms with Crippen molar-refractivity contribution in [3.8, 4) is 5.75 Å². The number of carbonyl (C=O) groups is 4. The summed E-state index contributed by atoms with van der Waals surface area (Å²) in [6, 6.07) is 5.20. The molecule has 1 aromatic rings. The highest BCUT2D eigenvalue weighted by Gasteiger charge is 2.36. The lowest BCUT2D eigenvalue weighted by atomic mass is 10.1. The zero-order valence-corrected chi connectivity index (χ0v) is 13.5. The van der Waals surface area contributed by atoms with Gasteiger partial charge in [0.15, 0.2) is 0 Å². The number of anilines is 1. The number of nitrogens with zero attached hydrogens (tertiary/aromatic N) is 1. The van der Waals surface area contributed by atoms with E-state index in [0.29, 0.717) is 11.4 Å². The minimum absolute atomic E-state index is 0.0721. The average Bonchev–Trinajstić information content (AvgIpc) is 2.95. The third-order valence-corrected chi connectivity index (χ3v) is 3.87. The maximum Gasteiger partial charge on any atom is 0.326 e. The fraction of sp³-hybridized carbons (Fsp3) is 0.375. The Kier molecular flexibility index (Phi) is 5.58. The fourth-order valence-corrected chi connectivity index (χ4v) is 2.56. The van der Waals surface area contributed by atoms with Crippen molar-refractivity contribution < 1.29 is 34.1 Å². The number of amides is 2. The molecule has 1 saturated heterocycles. The van der Waals surface area contributed by atoms with E-state index in [1.165, 1.54) is 12.0 Å². The summed E-state index contributed by atoms with van der Waals surface area (Å²) >= 11 is 0. The van der Waals surface area contributed by atoms with Crippen molar-refractivity contribution >= 4 is 29.4 Å². The second-order valence-electron chi connectivity index (χ2n) is 5.60. The molecule has 0 spiro atoms. The molecule has 2 amide bonds. The summed E-state index contributed by atoms with van der Waals surface area (Å²) in [6.45, 7) is 0.0937. The van der Waals surface area contributed by atoms with Crippen LogP contribution in [0.25, 0.3) is 0 Å². The quantitative estimate of drug-likeness (QED) is 0.635. The predicted octanol–water partition coefficient (Wildman–Crippen LogP) is 0.0922. The molecule has 9 heteroatoms. The number of carbonyl (C=O) groups excluding carboxylic acids is 2. The van der Waals surface area contributed by atoms with Gasteiger partial charge in [-0.1, -0.05) is 0 Å². The molecule has 2 atom stereocenters. The molecule has 1 aliphatic heterocycles. The Hall–Kier alpha value is -3.10. The van der Waals surface area contributed by atoms with Gasteiger partial charge < -0.3 is 25.2 Å². The number of nitrogens with one attached hydrogen (secondary N) is 1. The van der Waals surface area contributed by atoms with Gasteiger partial charge in [-0.05, 0) is 24.3 Å². The number of carboxylic acid groups (broad SMARTS) is 2. The third kappa shape index (κ3) is 4.46. The van der Waals surface area contributed by atoms with Gasteiger partial charge in [-0.3, -0.25) is 14.4 Å². The Morgan fingerprint density at radius 2 is 1.92 bits per heavy atom. The molecule has 1 heterocycles. The molecular weight excluding hydrogens is 332 g/mol. The first-order valence-electron chi connectivity index (χ1n) is 7.51. The normalized spacial score (nSPS) is 17.9. The maximum atomic E-state index is 12.2. The van der Waals surface area contributed by atoms with Crippen LogP contribution in [-0.4, -0.2) is 53.7 Å². The van der Waals surface area contributed by atoms with Crippen LogP contribution >= 0.6 is 0 Å². The highest BCUT2D eigenvalue weighted by atomic mass is 16.5. The Labute approximate surface area is 143 Å². The lowest BCUT2D eigenvalue weighted by molar-refractivity contribution is -0.147. The van der Waals surface area contributed by atoms with Crippen LogP contribution in [0.5, 0.6) is 5.75 Å². The van der Waals surface area contributed by atoms with E-state index in [4.69, 9.17) is 14.9 Å². The van der Waals surface area contributed by atoms with Crippen molar-refractivity contribution in [3.05, 3.63) is 24.3 Å². The molecule has 2 rings (SSSR count). The Morgan fingerprint density at radius 1 is 1.28 bits per heavy atom. The second-order valence-corrected chi connectivity index (χ2v) is 5.60. The van der Waals surface area contributed by atoms with Crippen LogP contribution < -0.4 is 15.0 Å². The number of hydrogen-bond acceptors (Lipinski definition) is 5. The van der Waals surface area contributed by atoms with E-state index in [1.807, 2.05) is 0 Å². The van der Waals surface area contributed by atoms with Crippen LogP contribution in [0.1, 0.15) is 12.8 Å². The molecule has 0 bridgehead atoms. The number of ether oxygens (including phenoxy) is 1. The number of carboxylic acids is 2. The van der Waals surface area contributed by atoms with E-state index in [1.54, 1.807) is 24.3 Å². The first-order chi connectivity index (χ1) is 11.8. The van der Waals surface area contributed by atoms with Crippen molar-refractivity contribution in [2.75, 3.05) is 18.6 Å². The van der Waals surface area contributed by atoms with E-state index in [9.17, 15) is 19.2 Å². The molecule has 9 nitrogen and oxygen atoms in total. The van der Waals surface area contributed by atoms with Gasteiger partial charge >= 0.3 is 11.9 Å². The van der Waals surface area contributed by atoms with Crippen molar-refractivity contribution in [2.45, 2.75) is 18.9 Å². The summed E-state index contributed by atoms with van der Waals surface area (Å²) in [4.78, 5) is 47.5. The number of hydrogen-bond donors (Lipinski definition) is 3. The summed E-state index contributed by atoms with van der Waals surface area (Å²) in [5.41, 5.74) is 0.599.